The van der Waals surface area contributed by atoms with Gasteiger partial charge < -0.3 is 5.32 Å². The van der Waals surface area contributed by atoms with Gasteiger partial charge in [0.25, 0.3) is 5.69 Å². The zero-order chi connectivity index (χ0) is 19.3. The van der Waals surface area contributed by atoms with Crippen LogP contribution in [0.1, 0.15) is 16.7 Å². The van der Waals surface area contributed by atoms with E-state index in [4.69, 9.17) is 11.6 Å². The van der Waals surface area contributed by atoms with Gasteiger partial charge in [-0.05, 0) is 43.2 Å². The second-order valence-electron chi connectivity index (χ2n) is 5.42. The normalized spacial score (nSPS) is 10.6. The first-order chi connectivity index (χ1) is 12.3. The minimum atomic E-state index is -0.985. The molecule has 9 heteroatoms. The molecule has 2 aromatic rings. The lowest BCUT2D eigenvalue weighted by molar-refractivity contribution is -0.384. The zero-order valence-electron chi connectivity index (χ0n) is 13.9. The number of hydrogen-bond donors (Lipinski definition) is 2. The lowest BCUT2D eigenvalue weighted by Crippen LogP contribution is -2.32. The largest absolute Gasteiger partial charge is 0.329 e. The maximum atomic E-state index is 11.8. The topological polar surface area (TPSA) is 114 Å². The van der Waals surface area contributed by atoms with Gasteiger partial charge in [0.2, 0.25) is 0 Å². The summed E-state index contributed by atoms with van der Waals surface area (Å²) in [5.41, 5.74) is 4.62. The predicted octanol–water partition coefficient (Wildman–Crippen LogP) is 2.95. The molecule has 0 aliphatic carbocycles. The monoisotopic (exact) mass is 374 g/mol. The molecule has 0 saturated carbocycles. The Labute approximate surface area is 154 Å². The minimum Gasteiger partial charge on any atom is -0.318 e. The van der Waals surface area contributed by atoms with E-state index in [1.807, 2.05) is 25.3 Å². The van der Waals surface area contributed by atoms with E-state index in [2.05, 4.69) is 10.4 Å². The van der Waals surface area contributed by atoms with Crippen LogP contribution in [0.5, 0.6) is 0 Å². The molecule has 26 heavy (non-hydrogen) atoms. The number of nitrogens with zero attached hydrogens (tertiary/aromatic N) is 2. The number of carbonyl (C=O) groups is 2. The molecular weight excluding hydrogens is 360 g/mol. The fraction of sp³-hybridized carbons (Fsp3) is 0.118. The third-order valence-corrected chi connectivity index (χ3v) is 3.88. The fourth-order valence-corrected chi connectivity index (χ4v) is 2.13. The smallest absolute Gasteiger partial charge is 0.318 e. The first-order valence-electron chi connectivity index (χ1n) is 7.43. The van der Waals surface area contributed by atoms with E-state index in [0.29, 0.717) is 5.69 Å². The molecule has 0 aromatic heterocycles. The number of non-ortho nitro benzene ring substituents is 1. The molecule has 0 unspecified atom stereocenters. The van der Waals surface area contributed by atoms with Crippen molar-refractivity contribution in [1.29, 1.82) is 0 Å². The number of nitro groups is 1. The highest BCUT2D eigenvalue weighted by Gasteiger charge is 2.13. The van der Waals surface area contributed by atoms with E-state index in [-0.39, 0.29) is 16.3 Å². The van der Waals surface area contributed by atoms with Gasteiger partial charge in [0.15, 0.2) is 0 Å². The fourth-order valence-electron chi connectivity index (χ4n) is 1.96. The van der Waals surface area contributed by atoms with E-state index in [1.54, 1.807) is 12.1 Å². The summed E-state index contributed by atoms with van der Waals surface area (Å²) in [5, 5.41) is 17.0. The zero-order valence-corrected chi connectivity index (χ0v) is 14.7. The molecule has 0 fully saturated rings. The molecule has 2 aromatic carbocycles. The SMILES string of the molecule is Cc1ccc(NC(=O)C(=O)N/N=C/c2cc([N+](=O)[O-])ccc2Cl)cc1C. The van der Waals surface area contributed by atoms with Crippen molar-refractivity contribution in [3.8, 4) is 0 Å². The van der Waals surface area contributed by atoms with Crippen LogP contribution in [0.4, 0.5) is 11.4 Å². The highest BCUT2D eigenvalue weighted by Crippen LogP contribution is 2.20. The van der Waals surface area contributed by atoms with Crippen molar-refractivity contribution in [2.45, 2.75) is 13.8 Å². The molecule has 2 N–H and O–H groups in total. The van der Waals surface area contributed by atoms with Crippen LogP contribution in [0.3, 0.4) is 0 Å². The van der Waals surface area contributed by atoms with Crippen molar-refractivity contribution in [1.82, 2.24) is 5.43 Å². The van der Waals surface area contributed by atoms with E-state index >= 15 is 0 Å². The molecule has 0 radical (unpaired) electrons. The number of hydrogen-bond acceptors (Lipinski definition) is 5. The lowest BCUT2D eigenvalue weighted by atomic mass is 10.1. The van der Waals surface area contributed by atoms with Gasteiger partial charge in [-0.1, -0.05) is 17.7 Å². The minimum absolute atomic E-state index is 0.172. The molecule has 134 valence electrons. The number of benzene rings is 2. The van der Waals surface area contributed by atoms with Crippen LogP contribution in [-0.4, -0.2) is 23.0 Å². The quantitative estimate of drug-likeness (QED) is 0.370. The second kappa shape index (κ2) is 8.21. The van der Waals surface area contributed by atoms with Gasteiger partial charge in [-0.25, -0.2) is 5.43 Å². The maximum absolute atomic E-state index is 11.8. The van der Waals surface area contributed by atoms with E-state index < -0.39 is 16.7 Å². The molecule has 0 aliphatic rings. The first-order valence-corrected chi connectivity index (χ1v) is 7.81. The van der Waals surface area contributed by atoms with Crippen LogP contribution >= 0.6 is 11.6 Å². The molecule has 2 rings (SSSR count). The van der Waals surface area contributed by atoms with Crippen LogP contribution in [0.15, 0.2) is 41.5 Å². The Kier molecular flexibility index (Phi) is 6.03. The number of hydrazone groups is 1. The van der Waals surface area contributed by atoms with Crippen molar-refractivity contribution in [2.75, 3.05) is 5.32 Å². The molecule has 0 atom stereocenters. The van der Waals surface area contributed by atoms with Gasteiger partial charge in [0.1, 0.15) is 0 Å². The maximum Gasteiger partial charge on any atom is 0.329 e. The van der Waals surface area contributed by atoms with E-state index in [9.17, 15) is 19.7 Å². The number of nitro benzene ring substituents is 1. The predicted molar refractivity (Wildman–Crippen MR) is 98.4 cm³/mol. The Balaban J connectivity index is 2.00. The van der Waals surface area contributed by atoms with Gasteiger partial charge in [0, 0.05) is 28.4 Å². The van der Waals surface area contributed by atoms with Crippen molar-refractivity contribution in [3.05, 3.63) is 68.2 Å². The van der Waals surface area contributed by atoms with Crippen LogP contribution in [0, 0.1) is 24.0 Å². The third-order valence-electron chi connectivity index (χ3n) is 3.53. The number of halogens is 1. The molecule has 0 bridgehead atoms. The average Bonchev–Trinajstić information content (AvgIpc) is 2.59. The van der Waals surface area contributed by atoms with Crippen LogP contribution < -0.4 is 10.7 Å². The Morgan fingerprint density at radius 2 is 1.85 bits per heavy atom. The van der Waals surface area contributed by atoms with Gasteiger partial charge in [-0.15, -0.1) is 0 Å². The van der Waals surface area contributed by atoms with Gasteiger partial charge >= 0.3 is 11.8 Å². The second-order valence-corrected chi connectivity index (χ2v) is 5.82. The van der Waals surface area contributed by atoms with Gasteiger partial charge in [-0.3, -0.25) is 19.7 Å². The Bertz CT molecular complexity index is 912. The number of nitrogens with one attached hydrogen (secondary N) is 2. The number of rotatable bonds is 4. The Morgan fingerprint density at radius 3 is 2.50 bits per heavy atom. The third kappa shape index (κ3) is 4.87. The van der Waals surface area contributed by atoms with E-state index in [1.165, 1.54) is 18.2 Å². The standard InChI is InChI=1S/C17H15ClN4O4/c1-10-3-4-13(7-11(10)2)20-16(23)17(24)21-19-9-12-8-14(22(25)26)5-6-15(12)18/h3-9H,1-2H3,(H,20,23)(H,21,24)/b19-9+. The Hall–Kier alpha value is -3.26. The Morgan fingerprint density at radius 1 is 1.12 bits per heavy atom. The molecule has 8 nitrogen and oxygen atoms in total. The lowest BCUT2D eigenvalue weighted by Gasteiger charge is -2.06. The first kappa shape index (κ1) is 19.1. The summed E-state index contributed by atoms with van der Waals surface area (Å²) in [6.07, 6.45) is 1.12. The summed E-state index contributed by atoms with van der Waals surface area (Å²) in [5.74, 6) is -1.88. The molecule has 0 aliphatic heterocycles. The van der Waals surface area contributed by atoms with Crippen LogP contribution in [0.25, 0.3) is 0 Å². The summed E-state index contributed by atoms with van der Waals surface area (Å²) in [6, 6.07) is 9.04. The average molecular weight is 375 g/mol. The van der Waals surface area contributed by atoms with Crippen molar-refractivity contribution < 1.29 is 14.5 Å². The number of amides is 2. The van der Waals surface area contributed by atoms with Gasteiger partial charge in [-0.2, -0.15) is 5.10 Å². The summed E-state index contributed by atoms with van der Waals surface area (Å²) in [6.45, 7) is 3.82. The summed E-state index contributed by atoms with van der Waals surface area (Å²) in [7, 11) is 0. The summed E-state index contributed by atoms with van der Waals surface area (Å²) < 4.78 is 0. The molecule has 0 saturated heterocycles. The highest BCUT2D eigenvalue weighted by molar-refractivity contribution is 6.39. The molecule has 0 spiro atoms. The number of aryl methyl sites for hydroxylation is 2. The highest BCUT2D eigenvalue weighted by atomic mass is 35.5. The number of carbonyl (C=O) groups excluding carboxylic acids is 2. The molecular formula is C17H15ClN4O4. The molecule has 2 amide bonds. The van der Waals surface area contributed by atoms with E-state index in [0.717, 1.165) is 17.3 Å². The van der Waals surface area contributed by atoms with Crippen molar-refractivity contribution >= 4 is 41.0 Å². The number of anilines is 1. The van der Waals surface area contributed by atoms with Crippen LogP contribution in [-0.2, 0) is 9.59 Å². The van der Waals surface area contributed by atoms with Crippen LogP contribution in [0.2, 0.25) is 5.02 Å². The summed E-state index contributed by atoms with van der Waals surface area (Å²) in [4.78, 5) is 33.8. The van der Waals surface area contributed by atoms with Crippen molar-refractivity contribution in [3.63, 3.8) is 0 Å². The summed E-state index contributed by atoms with van der Waals surface area (Å²) >= 11 is 5.91. The molecule has 0 heterocycles. The van der Waals surface area contributed by atoms with Crippen molar-refractivity contribution in [2.24, 2.45) is 5.10 Å². The van der Waals surface area contributed by atoms with Gasteiger partial charge in [0.05, 0.1) is 11.1 Å².